The van der Waals surface area contributed by atoms with Gasteiger partial charge in [0.15, 0.2) is 5.78 Å². The summed E-state index contributed by atoms with van der Waals surface area (Å²) in [5.41, 5.74) is 1.08. The summed E-state index contributed by atoms with van der Waals surface area (Å²) in [6, 6.07) is 7.51. The highest BCUT2D eigenvalue weighted by molar-refractivity contribution is 6.06. The summed E-state index contributed by atoms with van der Waals surface area (Å²) in [5.74, 6) is -4.68. The zero-order valence-electron chi connectivity index (χ0n) is 14.4. The van der Waals surface area contributed by atoms with Crippen molar-refractivity contribution >= 4 is 29.9 Å². The minimum atomic E-state index is -5.08. The number of aliphatic carboxylic acids is 2. The Morgan fingerprint density at radius 1 is 1.00 bits per heavy atom. The van der Waals surface area contributed by atoms with Crippen LogP contribution >= 0.6 is 0 Å². The second kappa shape index (κ2) is 10.5. The lowest BCUT2D eigenvalue weighted by atomic mass is 10.1. The van der Waals surface area contributed by atoms with Gasteiger partial charge >= 0.3 is 18.1 Å². The monoisotopic (exact) mass is 411 g/mol. The predicted molar refractivity (Wildman–Crippen MR) is 94.4 cm³/mol. The molecular weight excluding hydrogens is 398 g/mol. The molecule has 0 saturated carbocycles. The van der Waals surface area contributed by atoms with Crippen molar-refractivity contribution in [2.24, 2.45) is 0 Å². The summed E-state index contributed by atoms with van der Waals surface area (Å²) in [4.78, 5) is 35.0. The van der Waals surface area contributed by atoms with Gasteiger partial charge < -0.3 is 10.2 Å². The molecule has 2 rings (SSSR count). The Kier molecular flexibility index (Phi) is 8.41. The molecule has 2 aromatic rings. The van der Waals surface area contributed by atoms with E-state index in [0.717, 1.165) is 6.08 Å². The van der Waals surface area contributed by atoms with Gasteiger partial charge in [-0.2, -0.15) is 13.2 Å². The average Bonchev–Trinajstić information content (AvgIpc) is 2.65. The normalized spacial score (nSPS) is 11.2. The third-order valence-corrected chi connectivity index (χ3v) is 3.05. The molecule has 1 aromatic heterocycles. The second-order valence-corrected chi connectivity index (χ2v) is 5.19. The molecule has 1 aromatic carbocycles. The van der Waals surface area contributed by atoms with Gasteiger partial charge in [0.2, 0.25) is 0 Å². The van der Waals surface area contributed by atoms with Crippen molar-refractivity contribution in [1.29, 1.82) is 0 Å². The highest BCUT2D eigenvalue weighted by Gasteiger charge is 2.38. The van der Waals surface area contributed by atoms with Crippen LogP contribution in [0.2, 0.25) is 0 Å². The fourth-order valence-corrected chi connectivity index (χ4v) is 1.72. The van der Waals surface area contributed by atoms with Crippen molar-refractivity contribution in [2.45, 2.75) is 6.18 Å². The van der Waals surface area contributed by atoms with Crippen molar-refractivity contribution < 1.29 is 42.2 Å². The fourth-order valence-electron chi connectivity index (χ4n) is 1.72. The van der Waals surface area contributed by atoms with E-state index in [1.54, 1.807) is 24.4 Å². The number of pyridine rings is 1. The number of carbonyl (C=O) groups excluding carboxylic acids is 1. The number of nitrogens with zero attached hydrogens (tertiary/aromatic N) is 1. The first kappa shape index (κ1) is 23.2. The van der Waals surface area contributed by atoms with Crippen LogP contribution in [0.5, 0.6) is 0 Å². The van der Waals surface area contributed by atoms with Crippen molar-refractivity contribution in [3.05, 3.63) is 77.4 Å². The second-order valence-electron chi connectivity index (χ2n) is 5.19. The van der Waals surface area contributed by atoms with E-state index in [-0.39, 0.29) is 11.3 Å². The molecule has 0 spiro atoms. The third-order valence-electron chi connectivity index (χ3n) is 3.05. The molecule has 0 amide bonds. The van der Waals surface area contributed by atoms with E-state index in [9.17, 15) is 27.2 Å². The summed E-state index contributed by atoms with van der Waals surface area (Å²) in [5, 5.41) is 15.6. The number of alkyl halides is 3. The van der Waals surface area contributed by atoms with E-state index in [2.05, 4.69) is 4.98 Å². The van der Waals surface area contributed by atoms with E-state index in [1.807, 2.05) is 0 Å². The lowest BCUT2D eigenvalue weighted by molar-refractivity contribution is -0.192. The van der Waals surface area contributed by atoms with Crippen LogP contribution in [-0.4, -0.2) is 39.1 Å². The van der Waals surface area contributed by atoms with Gasteiger partial charge in [-0.25, -0.2) is 14.0 Å². The number of allylic oxidation sites excluding steroid dienone is 1. The molecule has 2 N–H and O–H groups in total. The van der Waals surface area contributed by atoms with Gasteiger partial charge in [0.25, 0.3) is 0 Å². The largest absolute Gasteiger partial charge is 0.490 e. The Balaban J connectivity index is 0.000000516. The van der Waals surface area contributed by atoms with Crippen LogP contribution in [0, 0.1) is 5.82 Å². The number of rotatable bonds is 5. The first-order valence-electron chi connectivity index (χ1n) is 7.64. The van der Waals surface area contributed by atoms with Crippen LogP contribution < -0.4 is 0 Å². The summed E-state index contributed by atoms with van der Waals surface area (Å²) in [6.45, 7) is 0. The van der Waals surface area contributed by atoms with Gasteiger partial charge in [0.1, 0.15) is 5.82 Å². The summed E-state index contributed by atoms with van der Waals surface area (Å²) in [6.07, 6.45) is 2.76. The lowest BCUT2D eigenvalue weighted by Gasteiger charge is -1.99. The first-order valence-corrected chi connectivity index (χ1v) is 7.64. The molecule has 10 heteroatoms. The molecule has 0 aliphatic rings. The molecule has 0 atom stereocenters. The first-order chi connectivity index (χ1) is 13.5. The number of hydrogen-bond acceptors (Lipinski definition) is 4. The number of carbonyl (C=O) groups is 3. The molecule has 152 valence electrons. The molecule has 29 heavy (non-hydrogen) atoms. The van der Waals surface area contributed by atoms with Crippen LogP contribution in [0.4, 0.5) is 17.6 Å². The molecule has 6 nitrogen and oxygen atoms in total. The lowest BCUT2D eigenvalue weighted by Crippen LogP contribution is -2.21. The molecule has 0 aliphatic carbocycles. The summed E-state index contributed by atoms with van der Waals surface area (Å²) >= 11 is 0. The molecule has 0 aliphatic heterocycles. The molecule has 0 fully saturated rings. The molecule has 0 radical (unpaired) electrons. The number of ketones is 1. The topological polar surface area (TPSA) is 105 Å². The van der Waals surface area contributed by atoms with Gasteiger partial charge in [0.05, 0.1) is 0 Å². The maximum absolute atomic E-state index is 13.9. The van der Waals surface area contributed by atoms with Gasteiger partial charge in [-0.1, -0.05) is 12.1 Å². The van der Waals surface area contributed by atoms with E-state index < -0.39 is 23.9 Å². The highest BCUT2D eigenvalue weighted by atomic mass is 19.4. The maximum Gasteiger partial charge on any atom is 0.490 e. The van der Waals surface area contributed by atoms with Crippen molar-refractivity contribution in [3.8, 4) is 0 Å². The van der Waals surface area contributed by atoms with Crippen LogP contribution in [-0.2, 0) is 9.59 Å². The fraction of sp³-hybridized carbons (Fsp3) is 0.0526. The van der Waals surface area contributed by atoms with Gasteiger partial charge in [-0.05, 0) is 42.0 Å². The molecular formula is C19H13F4NO5. The van der Waals surface area contributed by atoms with Crippen LogP contribution in [0.3, 0.4) is 0 Å². The van der Waals surface area contributed by atoms with Crippen LogP contribution in [0.25, 0.3) is 12.2 Å². The van der Waals surface area contributed by atoms with Crippen molar-refractivity contribution in [2.75, 3.05) is 0 Å². The molecule has 1 heterocycles. The van der Waals surface area contributed by atoms with Gasteiger partial charge in [0, 0.05) is 29.6 Å². The standard InChI is InChI=1S/C17H12FNO3.C2HF3O2/c18-15-10-12(4-8-17(21)22)3-5-13(15)6-7-16(20)14-2-1-9-19-11-14;3-2(4,5)1(6)7/h1-11H,(H,21,22);(H,6,7). The highest BCUT2D eigenvalue weighted by Crippen LogP contribution is 2.14. The average molecular weight is 411 g/mol. The maximum atomic E-state index is 13.9. The Labute approximate surface area is 161 Å². The summed E-state index contributed by atoms with van der Waals surface area (Å²) < 4.78 is 45.6. The van der Waals surface area contributed by atoms with Crippen LogP contribution in [0.15, 0.2) is 54.9 Å². The number of hydrogen-bond donors (Lipinski definition) is 2. The Morgan fingerprint density at radius 2 is 1.66 bits per heavy atom. The number of benzene rings is 1. The van der Waals surface area contributed by atoms with E-state index in [1.165, 1.54) is 36.6 Å². The smallest absolute Gasteiger partial charge is 0.478 e. The Hall–Kier alpha value is -3.82. The van der Waals surface area contributed by atoms with Crippen molar-refractivity contribution in [3.63, 3.8) is 0 Å². The summed E-state index contributed by atoms with van der Waals surface area (Å²) in [7, 11) is 0. The van der Waals surface area contributed by atoms with E-state index in [4.69, 9.17) is 15.0 Å². The molecule has 0 bridgehead atoms. The zero-order chi connectivity index (χ0) is 22.0. The Bertz CT molecular complexity index is 937. The van der Waals surface area contributed by atoms with E-state index >= 15 is 0 Å². The van der Waals surface area contributed by atoms with Gasteiger partial charge in [-0.15, -0.1) is 0 Å². The minimum absolute atomic E-state index is 0.240. The number of halogens is 4. The molecule has 0 saturated heterocycles. The van der Waals surface area contributed by atoms with Crippen LogP contribution in [0.1, 0.15) is 21.5 Å². The van der Waals surface area contributed by atoms with Gasteiger partial charge in [-0.3, -0.25) is 9.78 Å². The minimum Gasteiger partial charge on any atom is -0.478 e. The SMILES string of the molecule is O=C(O)C(F)(F)F.O=C(O)C=Cc1ccc(C=CC(=O)c2cccnc2)c(F)c1. The molecule has 0 unspecified atom stereocenters. The number of carboxylic acid groups (broad SMARTS) is 2. The predicted octanol–water partition coefficient (Wildman–Crippen LogP) is 3.85. The van der Waals surface area contributed by atoms with E-state index in [0.29, 0.717) is 11.1 Å². The quantitative estimate of drug-likeness (QED) is 0.440. The zero-order valence-corrected chi connectivity index (χ0v) is 14.4. The Morgan fingerprint density at radius 3 is 2.14 bits per heavy atom. The van der Waals surface area contributed by atoms with Crippen molar-refractivity contribution in [1.82, 2.24) is 4.98 Å². The third kappa shape index (κ3) is 8.61. The number of carboxylic acids is 2. The number of aromatic nitrogens is 1.